The van der Waals surface area contributed by atoms with E-state index in [1.54, 1.807) is 30.3 Å². The van der Waals surface area contributed by atoms with Gasteiger partial charge in [-0.05, 0) is 36.4 Å². The average Bonchev–Trinajstić information content (AvgIpc) is 3.16. The predicted octanol–water partition coefficient (Wildman–Crippen LogP) is 6.05. The van der Waals surface area contributed by atoms with Gasteiger partial charge in [-0.15, -0.1) is 10.2 Å². The first kappa shape index (κ1) is 25.2. The molecule has 0 spiro atoms. The third kappa shape index (κ3) is 5.04. The van der Waals surface area contributed by atoms with Crippen molar-refractivity contribution in [3.63, 3.8) is 0 Å². The van der Waals surface area contributed by atoms with Crippen LogP contribution in [0.3, 0.4) is 0 Å². The minimum atomic E-state index is -4.87. The van der Waals surface area contributed by atoms with E-state index in [-0.39, 0.29) is 16.5 Å². The summed E-state index contributed by atoms with van der Waals surface area (Å²) in [6.07, 6.45) is -4.87. The first-order chi connectivity index (χ1) is 17.0. The van der Waals surface area contributed by atoms with Gasteiger partial charge in [-0.25, -0.2) is 8.42 Å². The number of azo groups is 1. The number of H-pyrrole nitrogens is 1. The topological polar surface area (TPSA) is 115 Å². The maximum Gasteiger partial charge on any atom is 0.417 e. The highest BCUT2D eigenvalue weighted by Crippen LogP contribution is 2.38. The Labute approximate surface area is 207 Å². The van der Waals surface area contributed by atoms with E-state index in [4.69, 9.17) is 11.6 Å². The molecule has 1 aromatic heterocycles. The fraction of sp³-hybridized carbons (Fsp3) is 0.0870. The molecule has 8 nitrogen and oxygen atoms in total. The van der Waals surface area contributed by atoms with Gasteiger partial charge in [0.15, 0.2) is 5.69 Å². The van der Waals surface area contributed by atoms with Gasteiger partial charge in [-0.2, -0.15) is 13.2 Å². The van der Waals surface area contributed by atoms with Gasteiger partial charge in [0.25, 0.3) is 15.9 Å². The average molecular weight is 537 g/mol. The predicted molar refractivity (Wildman–Crippen MR) is 127 cm³/mol. The lowest BCUT2D eigenvalue weighted by molar-refractivity contribution is -0.137. The van der Waals surface area contributed by atoms with Gasteiger partial charge in [0.05, 0.1) is 26.7 Å². The van der Waals surface area contributed by atoms with Crippen LogP contribution in [-0.4, -0.2) is 31.0 Å². The normalized spacial score (nSPS) is 12.3. The van der Waals surface area contributed by atoms with E-state index in [0.29, 0.717) is 21.3 Å². The molecule has 1 amide bonds. The minimum absolute atomic E-state index is 0.0535. The summed E-state index contributed by atoms with van der Waals surface area (Å²) in [7, 11) is -4.49. The molecule has 1 heterocycles. The fourth-order valence-electron chi connectivity index (χ4n) is 3.39. The number of para-hydroxylation sites is 1. The number of carbonyl (C=O) groups excluding carboxylic acids is 1. The zero-order chi connectivity index (χ0) is 26.1. The lowest BCUT2D eigenvalue weighted by atomic mass is 10.2. The van der Waals surface area contributed by atoms with Gasteiger partial charge in [0.1, 0.15) is 6.54 Å². The number of aromatic nitrogens is 1. The van der Waals surface area contributed by atoms with Gasteiger partial charge in [0, 0.05) is 5.39 Å². The molecule has 36 heavy (non-hydrogen) atoms. The zero-order valence-corrected chi connectivity index (χ0v) is 19.6. The molecular formula is C23H16ClF3N4O4S. The van der Waals surface area contributed by atoms with Gasteiger partial charge in [0.2, 0.25) is 5.88 Å². The summed E-state index contributed by atoms with van der Waals surface area (Å²) in [4.78, 5) is 15.1. The van der Waals surface area contributed by atoms with Crippen LogP contribution in [0.4, 0.5) is 24.5 Å². The second-order valence-corrected chi connectivity index (χ2v) is 9.72. The van der Waals surface area contributed by atoms with Crippen molar-refractivity contribution < 1.29 is 31.5 Å². The quantitative estimate of drug-likeness (QED) is 0.292. The highest BCUT2D eigenvalue weighted by molar-refractivity contribution is 7.92. The van der Waals surface area contributed by atoms with E-state index >= 15 is 0 Å². The highest BCUT2D eigenvalue weighted by Gasteiger charge is 2.35. The Morgan fingerprint density at radius 1 is 1.03 bits per heavy atom. The molecule has 0 unspecified atom stereocenters. The van der Waals surface area contributed by atoms with Crippen molar-refractivity contribution in [2.45, 2.75) is 11.1 Å². The third-order valence-electron chi connectivity index (χ3n) is 5.07. The number of sulfonamides is 1. The van der Waals surface area contributed by atoms with Crippen molar-refractivity contribution in [1.82, 2.24) is 4.98 Å². The van der Waals surface area contributed by atoms with Crippen molar-refractivity contribution in [3.05, 3.63) is 83.4 Å². The number of nitrogens with zero attached hydrogens (tertiary/aromatic N) is 3. The molecular weight excluding hydrogens is 521 g/mol. The minimum Gasteiger partial charge on any atom is -0.493 e. The molecule has 4 rings (SSSR count). The number of alkyl halides is 3. The molecule has 0 aliphatic rings. The standard InChI is InChI=1S/C23H16ClF3N4O4S/c24-18-11-10-14(12-17(18)23(25,26)27)31(36(34,35)15-6-2-1-3-7-15)13-20(32)29-30-21-16-8-4-5-9-19(16)28-22(21)33/h1-12,28,33H,13H2. The molecule has 0 bridgehead atoms. The number of fused-ring (bicyclic) bond motifs is 1. The van der Waals surface area contributed by atoms with Crippen molar-refractivity contribution >= 4 is 49.8 Å². The molecule has 0 aliphatic carbocycles. The number of aromatic amines is 1. The number of nitrogens with one attached hydrogen (secondary N) is 1. The number of carbonyl (C=O) groups is 1. The van der Waals surface area contributed by atoms with Gasteiger partial charge < -0.3 is 10.1 Å². The Balaban J connectivity index is 1.73. The molecule has 0 aliphatic heterocycles. The Kier molecular flexibility index (Phi) is 6.74. The van der Waals surface area contributed by atoms with Crippen molar-refractivity contribution in [2.24, 2.45) is 10.2 Å². The number of aromatic hydroxyl groups is 1. The molecule has 3 aromatic carbocycles. The van der Waals surface area contributed by atoms with Gasteiger partial charge in [-0.1, -0.05) is 48.0 Å². The molecule has 186 valence electrons. The van der Waals surface area contributed by atoms with Crippen LogP contribution in [0.1, 0.15) is 5.56 Å². The fourth-order valence-corrected chi connectivity index (χ4v) is 5.05. The lowest BCUT2D eigenvalue weighted by Crippen LogP contribution is -2.35. The summed E-state index contributed by atoms with van der Waals surface area (Å²) in [5.74, 6) is -1.46. The van der Waals surface area contributed by atoms with Gasteiger partial charge >= 0.3 is 6.18 Å². The van der Waals surface area contributed by atoms with Crippen molar-refractivity contribution in [3.8, 4) is 5.88 Å². The van der Waals surface area contributed by atoms with Crippen molar-refractivity contribution in [2.75, 3.05) is 10.8 Å². The number of hydrogen-bond donors (Lipinski definition) is 2. The first-order valence-corrected chi connectivity index (χ1v) is 12.0. The number of halogens is 4. The van der Waals surface area contributed by atoms with Crippen LogP contribution < -0.4 is 4.31 Å². The van der Waals surface area contributed by atoms with Crippen LogP contribution in [0.5, 0.6) is 5.88 Å². The summed E-state index contributed by atoms with van der Waals surface area (Å²) < 4.78 is 67.4. The summed E-state index contributed by atoms with van der Waals surface area (Å²) >= 11 is 5.68. The van der Waals surface area contributed by atoms with E-state index in [0.717, 1.165) is 12.1 Å². The Hall–Kier alpha value is -3.90. The summed E-state index contributed by atoms with van der Waals surface area (Å²) in [5.41, 5.74) is -1.26. The van der Waals surface area contributed by atoms with Gasteiger partial charge in [-0.3, -0.25) is 9.10 Å². The molecule has 2 N–H and O–H groups in total. The third-order valence-corrected chi connectivity index (χ3v) is 7.19. The number of benzene rings is 3. The summed E-state index contributed by atoms with van der Waals surface area (Å²) in [6.45, 7) is -0.969. The second-order valence-electron chi connectivity index (χ2n) is 7.45. The van der Waals surface area contributed by atoms with E-state index in [2.05, 4.69) is 15.2 Å². The second kappa shape index (κ2) is 9.63. The molecule has 13 heteroatoms. The van der Waals surface area contributed by atoms with E-state index < -0.39 is 44.9 Å². The zero-order valence-electron chi connectivity index (χ0n) is 18.1. The van der Waals surface area contributed by atoms with Crippen molar-refractivity contribution in [1.29, 1.82) is 0 Å². The molecule has 4 aromatic rings. The Morgan fingerprint density at radius 3 is 2.39 bits per heavy atom. The van der Waals surface area contributed by atoms with Crippen LogP contribution in [0.2, 0.25) is 5.02 Å². The maximum absolute atomic E-state index is 13.4. The number of amides is 1. The van der Waals surface area contributed by atoms with Crippen LogP contribution in [0.25, 0.3) is 10.9 Å². The first-order valence-electron chi connectivity index (χ1n) is 10.2. The number of hydrogen-bond acceptors (Lipinski definition) is 5. The van der Waals surface area contributed by atoms with E-state index in [1.165, 1.54) is 24.3 Å². The van der Waals surface area contributed by atoms with E-state index in [1.807, 2.05) is 0 Å². The van der Waals surface area contributed by atoms with E-state index in [9.17, 15) is 31.5 Å². The summed E-state index contributed by atoms with van der Waals surface area (Å²) in [5, 5.41) is 17.1. The molecule has 0 radical (unpaired) electrons. The SMILES string of the molecule is O=C(CN(c1ccc(Cl)c(C(F)(F)F)c1)S(=O)(=O)c1ccccc1)N=Nc1c(O)[nH]c2ccccc12. The molecule has 0 atom stereocenters. The summed E-state index contributed by atoms with van der Waals surface area (Å²) in [6, 6.07) is 16.0. The van der Waals surface area contributed by atoms with Crippen LogP contribution >= 0.6 is 11.6 Å². The Bertz CT molecular complexity index is 1570. The van der Waals surface area contributed by atoms with Crippen LogP contribution in [0, 0.1) is 0 Å². The van der Waals surface area contributed by atoms with Crippen LogP contribution in [-0.2, 0) is 21.0 Å². The number of anilines is 1. The smallest absolute Gasteiger partial charge is 0.417 e. The largest absolute Gasteiger partial charge is 0.493 e. The molecule has 0 fully saturated rings. The van der Waals surface area contributed by atoms with Crippen LogP contribution in [0.15, 0.2) is 87.9 Å². The Morgan fingerprint density at radius 2 is 1.69 bits per heavy atom. The highest BCUT2D eigenvalue weighted by atomic mass is 35.5. The lowest BCUT2D eigenvalue weighted by Gasteiger charge is -2.24. The molecule has 0 saturated carbocycles. The molecule has 0 saturated heterocycles. The monoisotopic (exact) mass is 536 g/mol. The maximum atomic E-state index is 13.4. The number of rotatable bonds is 6.